The van der Waals surface area contributed by atoms with E-state index in [2.05, 4.69) is 5.16 Å². The standard InChI is InChI=1S/C15H12ClFN2O5S/c16-13-7-4-8-14(17)12(13)10-24-18-9-15(19(20)21)25(22,23)11-5-2-1-3-6-11/h1-9,15H,10H2. The van der Waals surface area contributed by atoms with Gasteiger partial charge in [0, 0.05) is 10.5 Å². The fraction of sp³-hybridized carbons (Fsp3) is 0.133. The molecule has 0 saturated carbocycles. The van der Waals surface area contributed by atoms with Crippen LogP contribution in [0.4, 0.5) is 4.39 Å². The number of nitrogens with zero attached hydrogens (tertiary/aromatic N) is 2. The summed E-state index contributed by atoms with van der Waals surface area (Å²) >= 11 is 5.80. The molecule has 132 valence electrons. The number of oxime groups is 1. The summed E-state index contributed by atoms with van der Waals surface area (Å²) in [6.45, 7) is -0.405. The zero-order valence-corrected chi connectivity index (χ0v) is 14.2. The number of hydrogen-bond donors (Lipinski definition) is 0. The van der Waals surface area contributed by atoms with Crippen LogP contribution in [0.15, 0.2) is 58.6 Å². The topological polar surface area (TPSA) is 98.9 Å². The van der Waals surface area contributed by atoms with Gasteiger partial charge in [-0.15, -0.1) is 0 Å². The first-order chi connectivity index (χ1) is 11.8. The third kappa shape index (κ3) is 4.52. The fourth-order valence-electron chi connectivity index (χ4n) is 1.86. The zero-order valence-electron chi connectivity index (χ0n) is 12.6. The van der Waals surface area contributed by atoms with Gasteiger partial charge >= 0.3 is 5.37 Å². The molecule has 0 heterocycles. The minimum absolute atomic E-state index is 0.00452. The van der Waals surface area contributed by atoms with Crippen molar-refractivity contribution in [2.75, 3.05) is 0 Å². The molecule has 0 N–H and O–H groups in total. The molecule has 0 amide bonds. The van der Waals surface area contributed by atoms with Gasteiger partial charge in [-0.25, -0.2) is 12.8 Å². The third-order valence-corrected chi connectivity index (χ3v) is 5.34. The predicted octanol–water partition coefficient (Wildman–Crippen LogP) is 3.06. The largest absolute Gasteiger partial charge is 0.391 e. The van der Waals surface area contributed by atoms with Crippen LogP contribution >= 0.6 is 11.6 Å². The third-order valence-electron chi connectivity index (χ3n) is 3.13. The van der Waals surface area contributed by atoms with E-state index in [1.807, 2.05) is 0 Å². The second-order valence-electron chi connectivity index (χ2n) is 4.76. The average molecular weight is 387 g/mol. The van der Waals surface area contributed by atoms with E-state index in [-0.39, 0.29) is 15.5 Å². The van der Waals surface area contributed by atoms with E-state index in [0.717, 1.165) is 6.07 Å². The van der Waals surface area contributed by atoms with Gasteiger partial charge in [0.05, 0.1) is 9.92 Å². The highest BCUT2D eigenvalue weighted by Crippen LogP contribution is 2.20. The molecular weight excluding hydrogens is 375 g/mol. The summed E-state index contributed by atoms with van der Waals surface area (Å²) in [7, 11) is -4.29. The molecule has 25 heavy (non-hydrogen) atoms. The Morgan fingerprint density at radius 2 is 1.92 bits per heavy atom. The van der Waals surface area contributed by atoms with Crippen LogP contribution in [0.5, 0.6) is 0 Å². The number of rotatable bonds is 7. The van der Waals surface area contributed by atoms with E-state index in [1.54, 1.807) is 6.07 Å². The van der Waals surface area contributed by atoms with Crippen LogP contribution in [0.2, 0.25) is 5.02 Å². The minimum Gasteiger partial charge on any atom is -0.391 e. The number of halogens is 2. The molecule has 7 nitrogen and oxygen atoms in total. The summed E-state index contributed by atoms with van der Waals surface area (Å²) in [6.07, 6.45) is 0.539. The monoisotopic (exact) mass is 386 g/mol. The van der Waals surface area contributed by atoms with Crippen molar-refractivity contribution in [2.24, 2.45) is 5.16 Å². The van der Waals surface area contributed by atoms with Gasteiger partial charge in [0.15, 0.2) is 0 Å². The van der Waals surface area contributed by atoms with Gasteiger partial charge in [-0.3, -0.25) is 10.1 Å². The second kappa shape index (κ2) is 8.04. The lowest BCUT2D eigenvalue weighted by Gasteiger charge is -2.07. The number of benzene rings is 2. The summed E-state index contributed by atoms with van der Waals surface area (Å²) in [5.74, 6) is -0.634. The molecule has 0 aliphatic rings. The van der Waals surface area contributed by atoms with Crippen molar-refractivity contribution >= 4 is 27.7 Å². The first kappa shape index (κ1) is 18.8. The Kier molecular flexibility index (Phi) is 6.05. The fourth-order valence-corrected chi connectivity index (χ4v) is 3.33. The molecule has 1 atom stereocenters. The van der Waals surface area contributed by atoms with E-state index >= 15 is 0 Å². The molecule has 0 radical (unpaired) electrons. The minimum atomic E-state index is -4.29. The van der Waals surface area contributed by atoms with Crippen LogP contribution in [0, 0.1) is 15.9 Å². The lowest BCUT2D eigenvalue weighted by atomic mass is 10.2. The number of nitro groups is 1. The van der Waals surface area contributed by atoms with Crippen molar-refractivity contribution in [3.63, 3.8) is 0 Å². The zero-order chi connectivity index (χ0) is 18.4. The van der Waals surface area contributed by atoms with Crippen molar-refractivity contribution in [3.8, 4) is 0 Å². The summed E-state index contributed by atoms with van der Waals surface area (Å²) in [6, 6.07) is 10.9. The molecule has 0 aromatic heterocycles. The molecule has 0 bridgehead atoms. The quantitative estimate of drug-likeness (QED) is 0.413. The summed E-state index contributed by atoms with van der Waals surface area (Å²) in [5.41, 5.74) is 0.00452. The molecule has 2 aromatic rings. The Morgan fingerprint density at radius 1 is 1.24 bits per heavy atom. The first-order valence-corrected chi connectivity index (χ1v) is 8.77. The van der Waals surface area contributed by atoms with E-state index in [0.29, 0.717) is 6.21 Å². The molecule has 2 rings (SSSR count). The summed E-state index contributed by atoms with van der Waals surface area (Å²) in [5, 5.41) is 12.3. The van der Waals surface area contributed by atoms with Crippen molar-refractivity contribution in [1.29, 1.82) is 0 Å². The van der Waals surface area contributed by atoms with Crippen LogP contribution in [0.1, 0.15) is 5.56 Å². The van der Waals surface area contributed by atoms with Crippen LogP contribution in [-0.2, 0) is 21.3 Å². The molecule has 0 aliphatic heterocycles. The van der Waals surface area contributed by atoms with Crippen molar-refractivity contribution in [1.82, 2.24) is 0 Å². The lowest BCUT2D eigenvalue weighted by molar-refractivity contribution is -0.478. The second-order valence-corrected chi connectivity index (χ2v) is 7.21. The highest BCUT2D eigenvalue weighted by atomic mass is 35.5. The van der Waals surface area contributed by atoms with Gasteiger partial charge in [-0.1, -0.05) is 41.0 Å². The summed E-state index contributed by atoms with van der Waals surface area (Å²) < 4.78 is 38.1. The SMILES string of the molecule is O=[N+]([O-])C(C=NOCc1c(F)cccc1Cl)S(=O)(=O)c1ccccc1. The Morgan fingerprint density at radius 3 is 2.52 bits per heavy atom. The highest BCUT2D eigenvalue weighted by Gasteiger charge is 2.36. The van der Waals surface area contributed by atoms with Crippen LogP contribution in [0.3, 0.4) is 0 Å². The maximum atomic E-state index is 13.6. The van der Waals surface area contributed by atoms with E-state index in [4.69, 9.17) is 16.4 Å². The predicted molar refractivity (Wildman–Crippen MR) is 89.1 cm³/mol. The van der Waals surface area contributed by atoms with Crippen molar-refractivity contribution in [2.45, 2.75) is 16.9 Å². The average Bonchev–Trinajstić information content (AvgIpc) is 2.57. The molecule has 0 saturated heterocycles. The molecular formula is C15H12ClFN2O5S. The molecule has 10 heteroatoms. The van der Waals surface area contributed by atoms with Gasteiger partial charge in [0.2, 0.25) is 0 Å². The molecule has 0 spiro atoms. The van der Waals surface area contributed by atoms with Gasteiger partial charge < -0.3 is 4.84 Å². The van der Waals surface area contributed by atoms with Gasteiger partial charge in [0.25, 0.3) is 9.84 Å². The van der Waals surface area contributed by atoms with Gasteiger partial charge in [0.1, 0.15) is 18.6 Å². The molecule has 0 aliphatic carbocycles. The van der Waals surface area contributed by atoms with E-state index in [1.165, 1.54) is 36.4 Å². The smallest absolute Gasteiger partial charge is 0.352 e. The molecule has 2 aromatic carbocycles. The maximum Gasteiger partial charge on any atom is 0.352 e. The van der Waals surface area contributed by atoms with E-state index in [9.17, 15) is 22.9 Å². The van der Waals surface area contributed by atoms with Crippen molar-refractivity contribution < 1.29 is 22.6 Å². The molecule has 0 fully saturated rings. The maximum absolute atomic E-state index is 13.6. The van der Waals surface area contributed by atoms with Crippen molar-refractivity contribution in [3.05, 3.63) is 75.0 Å². The van der Waals surface area contributed by atoms with Gasteiger partial charge in [-0.05, 0) is 24.3 Å². The van der Waals surface area contributed by atoms with Crippen LogP contribution < -0.4 is 0 Å². The highest BCUT2D eigenvalue weighted by molar-refractivity contribution is 7.92. The Hall–Kier alpha value is -2.52. The van der Waals surface area contributed by atoms with Crippen LogP contribution in [0.25, 0.3) is 0 Å². The number of sulfone groups is 1. The normalized spacial score (nSPS) is 12.9. The summed E-state index contributed by atoms with van der Waals surface area (Å²) in [4.78, 5) is 14.6. The number of hydrogen-bond acceptors (Lipinski definition) is 6. The lowest BCUT2D eigenvalue weighted by Crippen LogP contribution is -2.31. The Labute approximate surface area is 147 Å². The van der Waals surface area contributed by atoms with Gasteiger partial charge in [-0.2, -0.15) is 0 Å². The Balaban J connectivity index is 2.15. The molecule has 1 unspecified atom stereocenters. The van der Waals surface area contributed by atoms with E-state index < -0.39 is 32.6 Å². The Bertz CT molecular complexity index is 870. The van der Waals surface area contributed by atoms with Crippen LogP contribution in [-0.4, -0.2) is 24.9 Å². The first-order valence-electron chi connectivity index (χ1n) is 6.85.